The second kappa shape index (κ2) is 17.6. The van der Waals surface area contributed by atoms with Crippen LogP contribution in [-0.4, -0.2) is 24.6 Å². The van der Waals surface area contributed by atoms with Crippen LogP contribution in [0.15, 0.2) is 12.2 Å². The Kier molecular flexibility index (Phi) is 17.2. The fourth-order valence-electron chi connectivity index (χ4n) is 2.05. The van der Waals surface area contributed by atoms with Gasteiger partial charge in [-0.05, 0) is 50.0 Å². The number of carbonyl (C=O) groups excluding carboxylic acids is 1. The standard InChI is InChI=1S/C18H34O2S/c1-3-4-16-21-17-14-12-10-8-6-5-7-9-11-13-15-18(19)20-2/h8,10H,3-7,9,11-17H2,1-2H3/b10-8-. The van der Waals surface area contributed by atoms with Crippen LogP contribution < -0.4 is 0 Å². The largest absolute Gasteiger partial charge is 0.469 e. The van der Waals surface area contributed by atoms with E-state index in [4.69, 9.17) is 0 Å². The van der Waals surface area contributed by atoms with Gasteiger partial charge in [0.25, 0.3) is 0 Å². The molecular weight excluding hydrogens is 280 g/mol. The molecule has 0 radical (unpaired) electrons. The van der Waals surface area contributed by atoms with Gasteiger partial charge in [-0.3, -0.25) is 4.79 Å². The summed E-state index contributed by atoms with van der Waals surface area (Å²) in [4.78, 5) is 10.9. The predicted molar refractivity (Wildman–Crippen MR) is 94.9 cm³/mol. The lowest BCUT2D eigenvalue weighted by Gasteiger charge is -2.00. The lowest BCUT2D eigenvalue weighted by atomic mass is 10.1. The van der Waals surface area contributed by atoms with Gasteiger partial charge >= 0.3 is 5.97 Å². The molecule has 21 heavy (non-hydrogen) atoms. The van der Waals surface area contributed by atoms with Gasteiger partial charge in [-0.1, -0.05) is 44.8 Å². The highest BCUT2D eigenvalue weighted by Gasteiger charge is 1.98. The van der Waals surface area contributed by atoms with Crippen LogP contribution in [0.25, 0.3) is 0 Å². The molecule has 2 nitrogen and oxygen atoms in total. The predicted octanol–water partition coefficient (Wildman–Crippen LogP) is 5.76. The minimum Gasteiger partial charge on any atom is -0.469 e. The molecule has 0 saturated carbocycles. The van der Waals surface area contributed by atoms with Gasteiger partial charge in [0, 0.05) is 6.42 Å². The molecule has 0 spiro atoms. The van der Waals surface area contributed by atoms with E-state index in [1.54, 1.807) is 0 Å². The highest BCUT2D eigenvalue weighted by Crippen LogP contribution is 2.10. The molecular formula is C18H34O2S. The summed E-state index contributed by atoms with van der Waals surface area (Å²) in [5.41, 5.74) is 0. The zero-order chi connectivity index (χ0) is 15.6. The molecule has 0 unspecified atom stereocenters. The Morgan fingerprint density at radius 3 is 2.24 bits per heavy atom. The van der Waals surface area contributed by atoms with Crippen molar-refractivity contribution in [2.45, 2.75) is 77.6 Å². The number of rotatable bonds is 15. The number of unbranched alkanes of at least 4 members (excludes halogenated alkanes) is 7. The van der Waals surface area contributed by atoms with Gasteiger partial charge in [0.15, 0.2) is 0 Å². The van der Waals surface area contributed by atoms with Crippen molar-refractivity contribution < 1.29 is 9.53 Å². The minimum atomic E-state index is -0.0780. The second-order valence-corrected chi connectivity index (χ2v) is 6.69. The van der Waals surface area contributed by atoms with Gasteiger partial charge in [0.2, 0.25) is 0 Å². The molecule has 124 valence electrons. The van der Waals surface area contributed by atoms with Crippen molar-refractivity contribution in [2.24, 2.45) is 0 Å². The summed E-state index contributed by atoms with van der Waals surface area (Å²) < 4.78 is 4.62. The van der Waals surface area contributed by atoms with Gasteiger partial charge in [0.05, 0.1) is 7.11 Å². The highest BCUT2D eigenvalue weighted by molar-refractivity contribution is 7.99. The van der Waals surface area contributed by atoms with Gasteiger partial charge in [-0.25, -0.2) is 0 Å². The first-order valence-electron chi connectivity index (χ1n) is 8.60. The average Bonchev–Trinajstić information content (AvgIpc) is 2.50. The third-order valence-corrected chi connectivity index (χ3v) is 4.60. The monoisotopic (exact) mass is 314 g/mol. The molecule has 0 fully saturated rings. The van der Waals surface area contributed by atoms with Crippen LogP contribution in [0.5, 0.6) is 0 Å². The quantitative estimate of drug-likeness (QED) is 0.218. The number of ether oxygens (including phenoxy) is 1. The number of hydrogen-bond donors (Lipinski definition) is 0. The Balaban J connectivity index is 3.10. The van der Waals surface area contributed by atoms with Crippen molar-refractivity contribution in [1.29, 1.82) is 0 Å². The highest BCUT2D eigenvalue weighted by atomic mass is 32.2. The van der Waals surface area contributed by atoms with Gasteiger partial charge < -0.3 is 4.74 Å². The summed E-state index contributed by atoms with van der Waals surface area (Å²) >= 11 is 2.09. The molecule has 0 aliphatic rings. The third kappa shape index (κ3) is 17.5. The van der Waals surface area contributed by atoms with Crippen LogP contribution >= 0.6 is 11.8 Å². The van der Waals surface area contributed by atoms with Crippen molar-refractivity contribution >= 4 is 17.7 Å². The molecule has 3 heteroatoms. The van der Waals surface area contributed by atoms with Crippen LogP contribution in [-0.2, 0) is 9.53 Å². The molecule has 0 aliphatic carbocycles. The first-order valence-corrected chi connectivity index (χ1v) is 9.76. The van der Waals surface area contributed by atoms with Crippen molar-refractivity contribution in [3.05, 3.63) is 12.2 Å². The molecule has 0 aromatic rings. The number of allylic oxidation sites excluding steroid dienone is 2. The van der Waals surface area contributed by atoms with Crippen molar-refractivity contribution in [1.82, 2.24) is 0 Å². The Bertz CT molecular complexity index is 252. The molecule has 0 aromatic carbocycles. The fourth-order valence-corrected chi connectivity index (χ4v) is 3.12. The summed E-state index contributed by atoms with van der Waals surface area (Å²) in [6.07, 6.45) is 17.6. The van der Waals surface area contributed by atoms with E-state index < -0.39 is 0 Å². The van der Waals surface area contributed by atoms with Gasteiger partial charge in [-0.2, -0.15) is 11.8 Å². The zero-order valence-electron chi connectivity index (χ0n) is 14.1. The van der Waals surface area contributed by atoms with E-state index in [1.165, 1.54) is 70.0 Å². The lowest BCUT2D eigenvalue weighted by Crippen LogP contribution is -1.98. The molecule has 0 rings (SSSR count). The fraction of sp³-hybridized carbons (Fsp3) is 0.833. The molecule has 0 atom stereocenters. The lowest BCUT2D eigenvalue weighted by molar-refractivity contribution is -0.140. The Morgan fingerprint density at radius 1 is 0.905 bits per heavy atom. The molecule has 0 N–H and O–H groups in total. The van der Waals surface area contributed by atoms with Crippen molar-refractivity contribution in [3.63, 3.8) is 0 Å². The summed E-state index contributed by atoms with van der Waals surface area (Å²) in [5, 5.41) is 0. The molecule has 0 aliphatic heterocycles. The number of hydrogen-bond acceptors (Lipinski definition) is 3. The Hall–Kier alpha value is -0.440. The molecule has 0 aromatic heterocycles. The summed E-state index contributed by atoms with van der Waals surface area (Å²) in [6, 6.07) is 0. The first-order chi connectivity index (χ1) is 10.3. The summed E-state index contributed by atoms with van der Waals surface area (Å²) in [5.74, 6) is 2.56. The van der Waals surface area contributed by atoms with E-state index in [9.17, 15) is 4.79 Å². The maximum atomic E-state index is 10.9. The third-order valence-electron chi connectivity index (χ3n) is 3.45. The minimum absolute atomic E-state index is 0.0780. The molecule has 0 heterocycles. The number of esters is 1. The van der Waals surface area contributed by atoms with Crippen LogP contribution in [0.4, 0.5) is 0 Å². The average molecular weight is 315 g/mol. The smallest absolute Gasteiger partial charge is 0.305 e. The molecule has 0 amide bonds. The van der Waals surface area contributed by atoms with Crippen LogP contribution in [0.1, 0.15) is 77.6 Å². The summed E-state index contributed by atoms with van der Waals surface area (Å²) in [7, 11) is 1.46. The van der Waals surface area contributed by atoms with E-state index in [2.05, 4.69) is 35.6 Å². The van der Waals surface area contributed by atoms with E-state index in [1.807, 2.05) is 0 Å². The van der Waals surface area contributed by atoms with Crippen molar-refractivity contribution in [2.75, 3.05) is 18.6 Å². The van der Waals surface area contributed by atoms with Gasteiger partial charge in [0.1, 0.15) is 0 Å². The first kappa shape index (κ1) is 20.6. The van der Waals surface area contributed by atoms with E-state index in [-0.39, 0.29) is 5.97 Å². The number of thioether (sulfide) groups is 1. The molecule has 0 bridgehead atoms. The van der Waals surface area contributed by atoms with Crippen molar-refractivity contribution in [3.8, 4) is 0 Å². The molecule has 0 saturated heterocycles. The summed E-state index contributed by atoms with van der Waals surface area (Å²) in [6.45, 7) is 2.25. The topological polar surface area (TPSA) is 26.3 Å². The Morgan fingerprint density at radius 2 is 1.52 bits per heavy atom. The van der Waals surface area contributed by atoms with Crippen LogP contribution in [0, 0.1) is 0 Å². The maximum Gasteiger partial charge on any atom is 0.305 e. The maximum absolute atomic E-state index is 10.9. The second-order valence-electron chi connectivity index (χ2n) is 5.46. The van der Waals surface area contributed by atoms with E-state index in [0.29, 0.717) is 6.42 Å². The SMILES string of the molecule is CCCCSCCC/C=C\CCCCCCCC(=O)OC. The van der Waals surface area contributed by atoms with Gasteiger partial charge in [-0.15, -0.1) is 0 Å². The Labute approximate surface area is 136 Å². The number of carbonyl (C=O) groups is 1. The normalized spacial score (nSPS) is 11.1. The van der Waals surface area contributed by atoms with Crippen LogP contribution in [0.3, 0.4) is 0 Å². The zero-order valence-corrected chi connectivity index (χ0v) is 14.9. The van der Waals surface area contributed by atoms with E-state index >= 15 is 0 Å². The number of methoxy groups -OCH3 is 1. The van der Waals surface area contributed by atoms with Crippen LogP contribution in [0.2, 0.25) is 0 Å². The van der Waals surface area contributed by atoms with E-state index in [0.717, 1.165) is 12.8 Å².